The second-order valence-electron chi connectivity index (χ2n) is 6.20. The molecule has 134 valence electrons. The largest absolute Gasteiger partial charge is 0.473 e. The second kappa shape index (κ2) is 7.47. The highest BCUT2D eigenvalue weighted by Gasteiger charge is 2.08. The van der Waals surface area contributed by atoms with Crippen molar-refractivity contribution in [1.29, 1.82) is 0 Å². The first-order chi connectivity index (χ1) is 12.4. The third-order valence-corrected chi connectivity index (χ3v) is 3.69. The van der Waals surface area contributed by atoms with Gasteiger partial charge in [-0.05, 0) is 62.2 Å². The average Bonchev–Trinajstić information content (AvgIpc) is 2.54. The van der Waals surface area contributed by atoms with E-state index in [4.69, 9.17) is 4.74 Å². The van der Waals surface area contributed by atoms with Gasteiger partial charge in [-0.2, -0.15) is 4.98 Å². The Bertz CT molecular complexity index is 924. The first-order valence-electron chi connectivity index (χ1n) is 8.17. The standard InChI is InChI=1S/C20H19F2N3O/c1-12-6-13(2)8-17(7-12)24-20-23-14(3)9-19(25-20)26-11-15-10-16(21)4-5-18(15)22/h4-10H,11H2,1-3H3,(H,23,24,25). The zero-order valence-electron chi connectivity index (χ0n) is 14.8. The molecule has 26 heavy (non-hydrogen) atoms. The molecule has 0 saturated heterocycles. The van der Waals surface area contributed by atoms with Crippen molar-refractivity contribution in [3.63, 3.8) is 0 Å². The van der Waals surface area contributed by atoms with Crippen molar-refractivity contribution < 1.29 is 13.5 Å². The van der Waals surface area contributed by atoms with Crippen molar-refractivity contribution in [1.82, 2.24) is 9.97 Å². The molecule has 0 amide bonds. The molecule has 0 atom stereocenters. The van der Waals surface area contributed by atoms with Gasteiger partial charge in [-0.3, -0.25) is 0 Å². The smallest absolute Gasteiger partial charge is 0.230 e. The lowest BCUT2D eigenvalue weighted by molar-refractivity contribution is 0.287. The number of aryl methyl sites for hydroxylation is 3. The van der Waals surface area contributed by atoms with Crippen LogP contribution >= 0.6 is 0 Å². The maximum atomic E-state index is 13.7. The third-order valence-electron chi connectivity index (χ3n) is 3.69. The molecule has 0 fully saturated rings. The van der Waals surface area contributed by atoms with Crippen LogP contribution in [0, 0.1) is 32.4 Å². The summed E-state index contributed by atoms with van der Waals surface area (Å²) in [6.07, 6.45) is 0. The summed E-state index contributed by atoms with van der Waals surface area (Å²) in [4.78, 5) is 8.63. The number of hydrogen-bond acceptors (Lipinski definition) is 4. The summed E-state index contributed by atoms with van der Waals surface area (Å²) in [5, 5.41) is 3.15. The van der Waals surface area contributed by atoms with Gasteiger partial charge in [0.05, 0.1) is 0 Å². The predicted molar refractivity (Wildman–Crippen MR) is 96.7 cm³/mol. The Balaban J connectivity index is 1.78. The van der Waals surface area contributed by atoms with Crippen LogP contribution in [0.15, 0.2) is 42.5 Å². The molecule has 0 aliphatic heterocycles. The molecule has 0 bridgehead atoms. The van der Waals surface area contributed by atoms with Crippen LogP contribution in [-0.4, -0.2) is 9.97 Å². The highest BCUT2D eigenvalue weighted by Crippen LogP contribution is 2.20. The minimum atomic E-state index is -0.522. The summed E-state index contributed by atoms with van der Waals surface area (Å²) < 4.78 is 32.5. The van der Waals surface area contributed by atoms with Gasteiger partial charge in [-0.25, -0.2) is 13.8 Å². The highest BCUT2D eigenvalue weighted by atomic mass is 19.1. The lowest BCUT2D eigenvalue weighted by atomic mass is 10.1. The van der Waals surface area contributed by atoms with E-state index in [-0.39, 0.29) is 18.1 Å². The topological polar surface area (TPSA) is 47.0 Å². The van der Waals surface area contributed by atoms with E-state index in [1.54, 1.807) is 6.07 Å². The van der Waals surface area contributed by atoms with Crippen LogP contribution in [0.1, 0.15) is 22.4 Å². The number of halogens is 2. The SMILES string of the molecule is Cc1cc(C)cc(Nc2nc(C)cc(OCc3cc(F)ccc3F)n2)c1. The van der Waals surface area contributed by atoms with Gasteiger partial charge in [-0.1, -0.05) is 6.07 Å². The predicted octanol–water partition coefficient (Wildman–Crippen LogP) is 5.00. The molecule has 0 spiro atoms. The molecule has 0 aliphatic rings. The molecule has 6 heteroatoms. The van der Waals surface area contributed by atoms with E-state index in [0.29, 0.717) is 11.6 Å². The normalized spacial score (nSPS) is 10.7. The lowest BCUT2D eigenvalue weighted by Gasteiger charge is -2.11. The zero-order valence-corrected chi connectivity index (χ0v) is 14.8. The molecular formula is C20H19F2N3O. The summed E-state index contributed by atoms with van der Waals surface area (Å²) >= 11 is 0. The summed E-state index contributed by atoms with van der Waals surface area (Å²) in [5.74, 6) is -0.371. The summed E-state index contributed by atoms with van der Waals surface area (Å²) in [6.45, 7) is 5.71. The van der Waals surface area contributed by atoms with Gasteiger partial charge in [0.1, 0.15) is 18.2 Å². The van der Waals surface area contributed by atoms with E-state index in [1.165, 1.54) is 0 Å². The van der Waals surface area contributed by atoms with E-state index >= 15 is 0 Å². The van der Waals surface area contributed by atoms with E-state index in [1.807, 2.05) is 32.9 Å². The lowest BCUT2D eigenvalue weighted by Crippen LogP contribution is -2.04. The van der Waals surface area contributed by atoms with Crippen molar-refractivity contribution in [2.45, 2.75) is 27.4 Å². The van der Waals surface area contributed by atoms with Crippen LogP contribution in [-0.2, 0) is 6.61 Å². The molecule has 0 saturated carbocycles. The van der Waals surface area contributed by atoms with Crippen molar-refractivity contribution in [3.8, 4) is 5.88 Å². The Labute approximate surface area is 150 Å². The van der Waals surface area contributed by atoms with Gasteiger partial charge in [-0.15, -0.1) is 0 Å². The number of rotatable bonds is 5. The summed E-state index contributed by atoms with van der Waals surface area (Å²) in [7, 11) is 0. The van der Waals surface area contributed by atoms with Crippen molar-refractivity contribution >= 4 is 11.6 Å². The molecule has 1 heterocycles. The molecule has 3 rings (SSSR count). The molecule has 2 aromatic carbocycles. The van der Waals surface area contributed by atoms with Crippen molar-refractivity contribution in [2.75, 3.05) is 5.32 Å². The highest BCUT2D eigenvalue weighted by molar-refractivity contribution is 5.56. The van der Waals surface area contributed by atoms with Crippen LogP contribution in [0.2, 0.25) is 0 Å². The average molecular weight is 355 g/mol. The number of hydrogen-bond donors (Lipinski definition) is 1. The molecule has 0 radical (unpaired) electrons. The molecule has 1 N–H and O–H groups in total. The van der Waals surface area contributed by atoms with Crippen LogP contribution < -0.4 is 10.1 Å². The van der Waals surface area contributed by atoms with Crippen LogP contribution in [0.3, 0.4) is 0 Å². The van der Waals surface area contributed by atoms with Gasteiger partial charge in [0.25, 0.3) is 0 Å². The fourth-order valence-corrected chi connectivity index (χ4v) is 2.65. The summed E-state index contributed by atoms with van der Waals surface area (Å²) in [5.41, 5.74) is 3.94. The second-order valence-corrected chi connectivity index (χ2v) is 6.20. The van der Waals surface area contributed by atoms with E-state index in [2.05, 4.69) is 21.4 Å². The number of benzene rings is 2. The van der Waals surface area contributed by atoms with E-state index in [0.717, 1.165) is 35.0 Å². The Morgan fingerprint density at radius 1 is 0.923 bits per heavy atom. The Kier molecular flexibility index (Phi) is 5.11. The molecular weight excluding hydrogens is 336 g/mol. The Morgan fingerprint density at radius 3 is 2.38 bits per heavy atom. The zero-order chi connectivity index (χ0) is 18.7. The number of nitrogens with zero attached hydrogens (tertiary/aromatic N) is 2. The van der Waals surface area contributed by atoms with E-state index < -0.39 is 11.6 Å². The number of ether oxygens (including phenoxy) is 1. The molecule has 0 aliphatic carbocycles. The van der Waals surface area contributed by atoms with Gasteiger partial charge in [0, 0.05) is 23.0 Å². The first kappa shape index (κ1) is 17.8. The maximum absolute atomic E-state index is 13.7. The minimum absolute atomic E-state index is 0.122. The fraction of sp³-hybridized carbons (Fsp3) is 0.200. The molecule has 3 aromatic rings. The molecule has 1 aromatic heterocycles. The van der Waals surface area contributed by atoms with Gasteiger partial charge in [0.2, 0.25) is 11.8 Å². The fourth-order valence-electron chi connectivity index (χ4n) is 2.65. The number of nitrogens with one attached hydrogen (secondary N) is 1. The summed E-state index contributed by atoms with van der Waals surface area (Å²) in [6, 6.07) is 10.9. The van der Waals surface area contributed by atoms with Crippen LogP contribution in [0.4, 0.5) is 20.4 Å². The number of anilines is 2. The Morgan fingerprint density at radius 2 is 1.65 bits per heavy atom. The quantitative estimate of drug-likeness (QED) is 0.699. The van der Waals surface area contributed by atoms with Crippen LogP contribution in [0.5, 0.6) is 5.88 Å². The monoisotopic (exact) mass is 355 g/mol. The van der Waals surface area contributed by atoms with E-state index in [9.17, 15) is 8.78 Å². The Hall–Kier alpha value is -3.02. The van der Waals surface area contributed by atoms with Crippen LogP contribution in [0.25, 0.3) is 0 Å². The van der Waals surface area contributed by atoms with Gasteiger partial charge in [0.15, 0.2) is 0 Å². The van der Waals surface area contributed by atoms with Gasteiger partial charge < -0.3 is 10.1 Å². The number of aromatic nitrogens is 2. The van der Waals surface area contributed by atoms with Crippen molar-refractivity contribution in [2.24, 2.45) is 0 Å². The van der Waals surface area contributed by atoms with Crippen molar-refractivity contribution in [3.05, 3.63) is 76.5 Å². The minimum Gasteiger partial charge on any atom is -0.473 e. The molecule has 0 unspecified atom stereocenters. The molecule has 4 nitrogen and oxygen atoms in total. The van der Waals surface area contributed by atoms with Gasteiger partial charge >= 0.3 is 0 Å². The maximum Gasteiger partial charge on any atom is 0.230 e. The first-order valence-corrected chi connectivity index (χ1v) is 8.17. The third kappa shape index (κ3) is 4.53.